The molecule has 2 atom stereocenters. The van der Waals surface area contributed by atoms with Crippen LogP contribution in [0.3, 0.4) is 0 Å². The molecule has 0 aliphatic heterocycles. The first-order valence-electron chi connectivity index (χ1n) is 7.22. The summed E-state index contributed by atoms with van der Waals surface area (Å²) in [5.41, 5.74) is 6.95. The molecule has 0 amide bonds. The fourth-order valence-corrected chi connectivity index (χ4v) is 2.37. The Balaban J connectivity index is 2.36. The van der Waals surface area contributed by atoms with Crippen LogP contribution in [0.1, 0.15) is 56.9 Å². The van der Waals surface area contributed by atoms with Gasteiger partial charge in [0.1, 0.15) is 0 Å². The molecule has 0 saturated carbocycles. The quantitative estimate of drug-likeness (QED) is 0.658. The minimum atomic E-state index is -0.306. The first-order valence-corrected chi connectivity index (χ1v) is 7.22. The molecule has 0 aliphatic rings. The van der Waals surface area contributed by atoms with Crippen molar-refractivity contribution in [3.8, 4) is 0 Å². The van der Waals surface area contributed by atoms with E-state index in [-0.39, 0.29) is 12.0 Å². The second-order valence-electron chi connectivity index (χ2n) is 5.02. The van der Waals surface area contributed by atoms with Crippen LogP contribution in [0, 0.1) is 0 Å². The number of hydrogen-bond acceptors (Lipinski definition) is 2. The van der Waals surface area contributed by atoms with Crippen LogP contribution in [0.15, 0.2) is 30.3 Å². The van der Waals surface area contributed by atoms with Crippen LogP contribution < -0.4 is 5.73 Å². The second-order valence-corrected chi connectivity index (χ2v) is 5.02. The molecule has 2 nitrogen and oxygen atoms in total. The molecule has 1 aromatic carbocycles. The fraction of sp³-hybridized carbons (Fsp3) is 0.625. The predicted octanol–water partition coefficient (Wildman–Crippen LogP) is 3.45. The predicted molar refractivity (Wildman–Crippen MR) is 77.6 cm³/mol. The van der Waals surface area contributed by atoms with Gasteiger partial charge in [0.25, 0.3) is 0 Å². The van der Waals surface area contributed by atoms with E-state index in [0.29, 0.717) is 6.54 Å². The van der Waals surface area contributed by atoms with Crippen LogP contribution in [0.5, 0.6) is 0 Å². The van der Waals surface area contributed by atoms with E-state index in [1.54, 1.807) is 0 Å². The lowest BCUT2D eigenvalue weighted by Crippen LogP contribution is -2.25. The van der Waals surface area contributed by atoms with Crippen molar-refractivity contribution in [2.24, 2.45) is 5.73 Å². The standard InChI is InChI=1S/C16H27NO/c1-2-3-4-5-9-12-16(18)15(13-17)14-10-7-6-8-11-14/h6-8,10-11,15-16,18H,2-5,9,12-13,17H2,1H3. The number of unbranched alkanes of at least 4 members (excludes halogenated alkanes) is 4. The highest BCUT2D eigenvalue weighted by Crippen LogP contribution is 2.22. The molecule has 102 valence electrons. The van der Waals surface area contributed by atoms with Crippen molar-refractivity contribution in [1.29, 1.82) is 0 Å². The Bertz CT molecular complexity index is 299. The van der Waals surface area contributed by atoms with Gasteiger partial charge >= 0.3 is 0 Å². The van der Waals surface area contributed by atoms with Crippen molar-refractivity contribution in [1.82, 2.24) is 0 Å². The molecular weight excluding hydrogens is 222 g/mol. The molecule has 3 N–H and O–H groups in total. The Morgan fingerprint density at radius 2 is 1.72 bits per heavy atom. The average Bonchev–Trinajstić information content (AvgIpc) is 2.40. The van der Waals surface area contributed by atoms with Crippen molar-refractivity contribution in [3.63, 3.8) is 0 Å². The highest BCUT2D eigenvalue weighted by molar-refractivity contribution is 5.21. The molecule has 0 fully saturated rings. The van der Waals surface area contributed by atoms with Crippen LogP contribution in [0.25, 0.3) is 0 Å². The van der Waals surface area contributed by atoms with Crippen molar-refractivity contribution in [2.45, 2.75) is 57.5 Å². The van der Waals surface area contributed by atoms with Crippen molar-refractivity contribution < 1.29 is 5.11 Å². The molecule has 18 heavy (non-hydrogen) atoms. The minimum absolute atomic E-state index is 0.0809. The molecule has 0 aromatic heterocycles. The Morgan fingerprint density at radius 3 is 2.33 bits per heavy atom. The third-order valence-corrected chi connectivity index (χ3v) is 3.55. The van der Waals surface area contributed by atoms with E-state index in [1.807, 2.05) is 18.2 Å². The van der Waals surface area contributed by atoms with E-state index in [1.165, 1.54) is 25.7 Å². The average molecular weight is 249 g/mol. The maximum absolute atomic E-state index is 10.2. The van der Waals surface area contributed by atoms with Gasteiger partial charge in [0.2, 0.25) is 0 Å². The van der Waals surface area contributed by atoms with E-state index in [9.17, 15) is 5.11 Å². The summed E-state index contributed by atoms with van der Waals surface area (Å²) >= 11 is 0. The smallest absolute Gasteiger partial charge is 0.0620 e. The van der Waals surface area contributed by atoms with Crippen LogP contribution in [-0.2, 0) is 0 Å². The van der Waals surface area contributed by atoms with E-state index in [2.05, 4.69) is 19.1 Å². The molecule has 0 aliphatic carbocycles. The molecule has 0 heterocycles. The zero-order valence-corrected chi connectivity index (χ0v) is 11.5. The largest absolute Gasteiger partial charge is 0.392 e. The van der Waals surface area contributed by atoms with Gasteiger partial charge in [0.05, 0.1) is 6.10 Å². The van der Waals surface area contributed by atoms with Gasteiger partial charge in [-0.3, -0.25) is 0 Å². The third-order valence-electron chi connectivity index (χ3n) is 3.55. The molecule has 2 unspecified atom stereocenters. The lowest BCUT2D eigenvalue weighted by atomic mass is 9.90. The third kappa shape index (κ3) is 5.19. The van der Waals surface area contributed by atoms with Crippen LogP contribution in [0.2, 0.25) is 0 Å². The number of rotatable bonds is 9. The van der Waals surface area contributed by atoms with Crippen LogP contribution >= 0.6 is 0 Å². The van der Waals surface area contributed by atoms with Gasteiger partial charge < -0.3 is 10.8 Å². The molecular formula is C16H27NO. The van der Waals surface area contributed by atoms with E-state index in [0.717, 1.165) is 18.4 Å². The normalized spacial score (nSPS) is 14.4. The second kappa shape index (κ2) is 9.12. The summed E-state index contributed by atoms with van der Waals surface area (Å²) in [5.74, 6) is 0.0809. The van der Waals surface area contributed by atoms with Gasteiger partial charge in [-0.1, -0.05) is 69.4 Å². The van der Waals surface area contributed by atoms with Crippen LogP contribution in [0.4, 0.5) is 0 Å². The number of benzene rings is 1. The zero-order valence-electron chi connectivity index (χ0n) is 11.5. The van der Waals surface area contributed by atoms with Crippen molar-refractivity contribution in [2.75, 3.05) is 6.54 Å². The summed E-state index contributed by atoms with van der Waals surface area (Å²) in [7, 11) is 0. The lowest BCUT2D eigenvalue weighted by molar-refractivity contribution is 0.132. The topological polar surface area (TPSA) is 46.2 Å². The van der Waals surface area contributed by atoms with E-state index in [4.69, 9.17) is 5.73 Å². The van der Waals surface area contributed by atoms with E-state index < -0.39 is 0 Å². The molecule has 1 aromatic rings. The molecule has 0 spiro atoms. The molecule has 0 saturated heterocycles. The summed E-state index contributed by atoms with van der Waals surface area (Å²) in [5, 5.41) is 10.2. The van der Waals surface area contributed by atoms with E-state index >= 15 is 0 Å². The lowest BCUT2D eigenvalue weighted by Gasteiger charge is -2.21. The van der Waals surface area contributed by atoms with Gasteiger partial charge in [-0.25, -0.2) is 0 Å². The summed E-state index contributed by atoms with van der Waals surface area (Å²) < 4.78 is 0. The van der Waals surface area contributed by atoms with Gasteiger partial charge in [-0.05, 0) is 12.0 Å². The summed E-state index contributed by atoms with van der Waals surface area (Å²) in [6.07, 6.45) is 6.72. The highest BCUT2D eigenvalue weighted by atomic mass is 16.3. The molecule has 0 radical (unpaired) electrons. The number of aliphatic hydroxyl groups excluding tert-OH is 1. The van der Waals surface area contributed by atoms with Gasteiger partial charge in [-0.15, -0.1) is 0 Å². The Labute approximate surface area is 111 Å². The maximum atomic E-state index is 10.2. The Morgan fingerprint density at radius 1 is 1.06 bits per heavy atom. The fourth-order valence-electron chi connectivity index (χ4n) is 2.37. The van der Waals surface area contributed by atoms with Gasteiger partial charge in [-0.2, -0.15) is 0 Å². The maximum Gasteiger partial charge on any atom is 0.0620 e. The molecule has 1 rings (SSSR count). The minimum Gasteiger partial charge on any atom is -0.392 e. The van der Waals surface area contributed by atoms with Crippen molar-refractivity contribution >= 4 is 0 Å². The number of nitrogens with two attached hydrogens (primary N) is 1. The Kier molecular flexibility index (Phi) is 7.70. The first kappa shape index (κ1) is 15.2. The van der Waals surface area contributed by atoms with Gasteiger partial charge in [0.15, 0.2) is 0 Å². The zero-order chi connectivity index (χ0) is 13.2. The monoisotopic (exact) mass is 249 g/mol. The highest BCUT2D eigenvalue weighted by Gasteiger charge is 2.18. The van der Waals surface area contributed by atoms with Crippen LogP contribution in [-0.4, -0.2) is 17.8 Å². The molecule has 0 bridgehead atoms. The number of aliphatic hydroxyl groups is 1. The Hall–Kier alpha value is -0.860. The SMILES string of the molecule is CCCCCCCC(O)C(CN)c1ccccc1. The van der Waals surface area contributed by atoms with Gasteiger partial charge in [0, 0.05) is 12.5 Å². The first-order chi connectivity index (χ1) is 8.79. The number of hydrogen-bond donors (Lipinski definition) is 2. The summed E-state index contributed by atoms with van der Waals surface area (Å²) in [4.78, 5) is 0. The molecule has 2 heteroatoms. The van der Waals surface area contributed by atoms with Crippen molar-refractivity contribution in [3.05, 3.63) is 35.9 Å². The summed E-state index contributed by atoms with van der Waals surface area (Å²) in [6.45, 7) is 2.73. The summed E-state index contributed by atoms with van der Waals surface area (Å²) in [6, 6.07) is 10.1.